The predicted octanol–water partition coefficient (Wildman–Crippen LogP) is 5.52. The lowest BCUT2D eigenvalue weighted by Gasteiger charge is -2.14. The second-order valence-corrected chi connectivity index (χ2v) is 6.19. The largest absolute Gasteiger partial charge is 0.378 e. The van der Waals surface area contributed by atoms with Crippen molar-refractivity contribution < 1.29 is 4.39 Å². The Morgan fingerprint density at radius 1 is 1.10 bits per heavy atom. The van der Waals surface area contributed by atoms with Crippen LogP contribution in [0.5, 0.6) is 0 Å². The molecule has 20 heavy (non-hydrogen) atoms. The molecule has 0 aliphatic rings. The van der Waals surface area contributed by atoms with Gasteiger partial charge in [0, 0.05) is 15.3 Å². The zero-order chi connectivity index (χ0) is 14.1. The minimum absolute atomic E-state index is 0.161. The molecule has 0 spiro atoms. The predicted molar refractivity (Wildman–Crippen MR) is 85.0 cm³/mol. The SMILES string of the molecule is Cc1cc(F)cc(NC(C)c2cc3ccccc3s2)c1. The van der Waals surface area contributed by atoms with Crippen LogP contribution < -0.4 is 5.32 Å². The van der Waals surface area contributed by atoms with Crippen molar-refractivity contribution in [3.63, 3.8) is 0 Å². The summed E-state index contributed by atoms with van der Waals surface area (Å²) in [6.45, 7) is 4.00. The van der Waals surface area contributed by atoms with E-state index >= 15 is 0 Å². The van der Waals surface area contributed by atoms with Crippen LogP contribution in [0.1, 0.15) is 23.4 Å². The molecule has 3 aromatic rings. The van der Waals surface area contributed by atoms with E-state index in [0.717, 1.165) is 11.3 Å². The topological polar surface area (TPSA) is 12.0 Å². The fourth-order valence-electron chi connectivity index (χ4n) is 2.36. The molecule has 2 aromatic carbocycles. The van der Waals surface area contributed by atoms with E-state index in [2.05, 4.69) is 36.5 Å². The normalized spacial score (nSPS) is 12.6. The Kier molecular flexibility index (Phi) is 3.45. The van der Waals surface area contributed by atoms with Gasteiger partial charge in [-0.05, 0) is 55.1 Å². The summed E-state index contributed by atoms with van der Waals surface area (Å²) in [6, 6.07) is 15.7. The first-order valence-corrected chi connectivity index (χ1v) is 7.46. The van der Waals surface area contributed by atoms with Crippen molar-refractivity contribution in [3.8, 4) is 0 Å². The van der Waals surface area contributed by atoms with Gasteiger partial charge in [-0.3, -0.25) is 0 Å². The molecule has 0 aliphatic heterocycles. The minimum atomic E-state index is -0.198. The highest BCUT2D eigenvalue weighted by Gasteiger charge is 2.10. The molecule has 0 radical (unpaired) electrons. The maximum atomic E-state index is 13.4. The maximum absolute atomic E-state index is 13.4. The van der Waals surface area contributed by atoms with Crippen LogP contribution in [0.4, 0.5) is 10.1 Å². The second-order valence-electron chi connectivity index (χ2n) is 5.07. The van der Waals surface area contributed by atoms with E-state index in [9.17, 15) is 4.39 Å². The summed E-state index contributed by atoms with van der Waals surface area (Å²) in [5.41, 5.74) is 1.75. The smallest absolute Gasteiger partial charge is 0.125 e. The number of halogens is 1. The van der Waals surface area contributed by atoms with Gasteiger partial charge < -0.3 is 5.32 Å². The number of aryl methyl sites for hydroxylation is 1. The first-order valence-electron chi connectivity index (χ1n) is 6.64. The van der Waals surface area contributed by atoms with Crippen molar-refractivity contribution >= 4 is 27.1 Å². The maximum Gasteiger partial charge on any atom is 0.125 e. The number of nitrogens with one attached hydrogen (secondary N) is 1. The fourth-order valence-corrected chi connectivity index (χ4v) is 3.42. The number of hydrogen-bond acceptors (Lipinski definition) is 2. The van der Waals surface area contributed by atoms with Crippen molar-refractivity contribution in [2.24, 2.45) is 0 Å². The van der Waals surface area contributed by atoms with Crippen molar-refractivity contribution in [1.82, 2.24) is 0 Å². The molecule has 3 rings (SSSR count). The van der Waals surface area contributed by atoms with E-state index < -0.39 is 0 Å². The Balaban J connectivity index is 1.86. The zero-order valence-electron chi connectivity index (χ0n) is 11.5. The van der Waals surface area contributed by atoms with Crippen LogP contribution in [-0.2, 0) is 0 Å². The molecule has 1 N–H and O–H groups in total. The van der Waals surface area contributed by atoms with Gasteiger partial charge in [0.2, 0.25) is 0 Å². The molecule has 0 bridgehead atoms. The van der Waals surface area contributed by atoms with Crippen LogP contribution in [0, 0.1) is 12.7 Å². The minimum Gasteiger partial charge on any atom is -0.378 e. The third-order valence-corrected chi connectivity index (χ3v) is 4.60. The monoisotopic (exact) mass is 285 g/mol. The van der Waals surface area contributed by atoms with Gasteiger partial charge in [-0.15, -0.1) is 11.3 Å². The van der Waals surface area contributed by atoms with Gasteiger partial charge in [-0.25, -0.2) is 4.39 Å². The summed E-state index contributed by atoms with van der Waals surface area (Å²) in [7, 11) is 0. The Morgan fingerprint density at radius 3 is 2.65 bits per heavy atom. The Labute approximate surface area is 122 Å². The molecule has 1 aromatic heterocycles. The number of thiophene rings is 1. The van der Waals surface area contributed by atoms with Gasteiger partial charge in [0.1, 0.15) is 5.82 Å². The lowest BCUT2D eigenvalue weighted by molar-refractivity contribution is 0.626. The van der Waals surface area contributed by atoms with Crippen LogP contribution in [-0.4, -0.2) is 0 Å². The lowest BCUT2D eigenvalue weighted by atomic mass is 10.2. The van der Waals surface area contributed by atoms with Gasteiger partial charge in [-0.2, -0.15) is 0 Å². The van der Waals surface area contributed by atoms with E-state index in [1.165, 1.54) is 27.1 Å². The molecular weight excluding hydrogens is 269 g/mol. The third kappa shape index (κ3) is 2.68. The molecule has 1 heterocycles. The van der Waals surface area contributed by atoms with Crippen LogP contribution in [0.25, 0.3) is 10.1 Å². The second kappa shape index (κ2) is 5.25. The number of fused-ring (bicyclic) bond motifs is 1. The first-order chi connectivity index (χ1) is 9.61. The molecule has 102 valence electrons. The number of benzene rings is 2. The number of hydrogen-bond donors (Lipinski definition) is 1. The first kappa shape index (κ1) is 13.1. The van der Waals surface area contributed by atoms with Crippen molar-refractivity contribution in [1.29, 1.82) is 0 Å². The lowest BCUT2D eigenvalue weighted by Crippen LogP contribution is -2.05. The quantitative estimate of drug-likeness (QED) is 0.668. The van der Waals surface area contributed by atoms with Crippen molar-refractivity contribution in [2.75, 3.05) is 5.32 Å². The highest BCUT2D eigenvalue weighted by molar-refractivity contribution is 7.19. The highest BCUT2D eigenvalue weighted by Crippen LogP contribution is 2.31. The standard InChI is InChI=1S/C17H16FNS/c1-11-7-14(18)10-15(8-11)19-12(2)17-9-13-5-3-4-6-16(13)20-17/h3-10,12,19H,1-2H3. The number of anilines is 1. The molecule has 3 heteroatoms. The van der Waals surface area contributed by atoms with E-state index in [4.69, 9.17) is 0 Å². The summed E-state index contributed by atoms with van der Waals surface area (Å²) in [6.07, 6.45) is 0. The van der Waals surface area contributed by atoms with Gasteiger partial charge in [0.05, 0.1) is 6.04 Å². The highest BCUT2D eigenvalue weighted by atomic mass is 32.1. The third-order valence-electron chi connectivity index (χ3n) is 3.30. The molecule has 1 atom stereocenters. The number of rotatable bonds is 3. The Morgan fingerprint density at radius 2 is 1.90 bits per heavy atom. The van der Waals surface area contributed by atoms with Crippen molar-refractivity contribution in [2.45, 2.75) is 19.9 Å². The van der Waals surface area contributed by atoms with Crippen LogP contribution in [0.15, 0.2) is 48.5 Å². The van der Waals surface area contributed by atoms with E-state index in [-0.39, 0.29) is 11.9 Å². The molecule has 1 unspecified atom stereocenters. The molecule has 0 saturated heterocycles. The summed E-state index contributed by atoms with van der Waals surface area (Å²) >= 11 is 1.78. The molecule has 0 fully saturated rings. The molecular formula is C17H16FNS. The van der Waals surface area contributed by atoms with Gasteiger partial charge in [-0.1, -0.05) is 18.2 Å². The van der Waals surface area contributed by atoms with Crippen molar-refractivity contribution in [3.05, 3.63) is 64.8 Å². The zero-order valence-corrected chi connectivity index (χ0v) is 12.3. The molecule has 0 amide bonds. The average Bonchev–Trinajstić information content (AvgIpc) is 2.81. The van der Waals surface area contributed by atoms with Gasteiger partial charge >= 0.3 is 0 Å². The van der Waals surface area contributed by atoms with E-state index in [0.29, 0.717) is 0 Å². The van der Waals surface area contributed by atoms with Crippen LogP contribution >= 0.6 is 11.3 Å². The summed E-state index contributed by atoms with van der Waals surface area (Å²) < 4.78 is 14.7. The van der Waals surface area contributed by atoms with E-state index in [1.54, 1.807) is 11.3 Å². The van der Waals surface area contributed by atoms with Gasteiger partial charge in [0.15, 0.2) is 0 Å². The Hall–Kier alpha value is -1.87. The molecule has 0 saturated carbocycles. The average molecular weight is 285 g/mol. The van der Waals surface area contributed by atoms with E-state index in [1.807, 2.05) is 19.1 Å². The summed E-state index contributed by atoms with van der Waals surface area (Å²) in [5, 5.41) is 4.63. The van der Waals surface area contributed by atoms with Gasteiger partial charge in [0.25, 0.3) is 0 Å². The molecule has 1 nitrogen and oxygen atoms in total. The van der Waals surface area contributed by atoms with Crippen LogP contribution in [0.2, 0.25) is 0 Å². The summed E-state index contributed by atoms with van der Waals surface area (Å²) in [5.74, 6) is -0.198. The Bertz CT molecular complexity index is 694. The fraction of sp³-hybridized carbons (Fsp3) is 0.176. The van der Waals surface area contributed by atoms with Crippen LogP contribution in [0.3, 0.4) is 0 Å². The summed E-state index contributed by atoms with van der Waals surface area (Å²) in [4.78, 5) is 1.26. The molecule has 0 aliphatic carbocycles.